The summed E-state index contributed by atoms with van der Waals surface area (Å²) < 4.78 is 0.989. The van der Waals surface area contributed by atoms with Gasteiger partial charge < -0.3 is 5.32 Å². The number of halogens is 1. The van der Waals surface area contributed by atoms with Gasteiger partial charge in [0.05, 0.1) is 12.3 Å². The quantitative estimate of drug-likeness (QED) is 0.608. The van der Waals surface area contributed by atoms with E-state index in [1.165, 1.54) is 0 Å². The Kier molecular flexibility index (Phi) is 6.15. The second-order valence-electron chi connectivity index (χ2n) is 4.68. The maximum absolute atomic E-state index is 11.8. The minimum atomic E-state index is -0.176. The van der Waals surface area contributed by atoms with Gasteiger partial charge >= 0.3 is 0 Å². The number of para-hydroxylation sites is 1. The Morgan fingerprint density at radius 1 is 1.14 bits per heavy atom. The second-order valence-corrected chi connectivity index (χ2v) is 5.59. The Hall–Kier alpha value is -2.14. The van der Waals surface area contributed by atoms with E-state index in [4.69, 9.17) is 0 Å². The summed E-state index contributed by atoms with van der Waals surface area (Å²) in [5, 5.41) is 7.27. The molecule has 2 aromatic carbocycles. The van der Waals surface area contributed by atoms with Gasteiger partial charge in [0.25, 0.3) is 5.91 Å². The van der Waals surface area contributed by atoms with Crippen molar-refractivity contribution < 1.29 is 4.79 Å². The van der Waals surface area contributed by atoms with E-state index in [1.54, 1.807) is 0 Å². The van der Waals surface area contributed by atoms with Crippen molar-refractivity contribution in [2.24, 2.45) is 5.10 Å². The smallest absolute Gasteiger partial charge is 0.259 e. The van der Waals surface area contributed by atoms with Crippen LogP contribution in [0.3, 0.4) is 0 Å². The van der Waals surface area contributed by atoms with Gasteiger partial charge in [-0.25, -0.2) is 5.43 Å². The fraction of sp³-hybridized carbons (Fsp3) is 0.176. The number of carbonyl (C=O) groups excluding carboxylic acids is 1. The lowest BCUT2D eigenvalue weighted by molar-refractivity contribution is -0.119. The third kappa shape index (κ3) is 5.00. The lowest BCUT2D eigenvalue weighted by atomic mass is 10.1. The Morgan fingerprint density at radius 2 is 1.91 bits per heavy atom. The minimum Gasteiger partial charge on any atom is -0.376 e. The monoisotopic (exact) mass is 359 g/mol. The zero-order valence-corrected chi connectivity index (χ0v) is 13.9. The summed E-state index contributed by atoms with van der Waals surface area (Å²) in [6.45, 7) is 2.19. The summed E-state index contributed by atoms with van der Waals surface area (Å²) in [6, 6.07) is 17.5. The molecule has 22 heavy (non-hydrogen) atoms. The lowest BCUT2D eigenvalue weighted by Crippen LogP contribution is -2.27. The lowest BCUT2D eigenvalue weighted by Gasteiger charge is -2.07. The van der Waals surface area contributed by atoms with E-state index in [1.807, 2.05) is 61.5 Å². The van der Waals surface area contributed by atoms with Gasteiger partial charge in [-0.3, -0.25) is 4.79 Å². The summed E-state index contributed by atoms with van der Waals surface area (Å²) >= 11 is 3.44. The first-order valence-electron chi connectivity index (χ1n) is 7.09. The molecule has 5 heteroatoms. The third-order valence-electron chi connectivity index (χ3n) is 3.04. The predicted molar refractivity (Wildman–Crippen MR) is 94.0 cm³/mol. The molecule has 0 bridgehead atoms. The van der Waals surface area contributed by atoms with Crippen LogP contribution in [-0.4, -0.2) is 18.2 Å². The van der Waals surface area contributed by atoms with Gasteiger partial charge in [-0.2, -0.15) is 5.10 Å². The number of hydrogen-bond donors (Lipinski definition) is 2. The molecule has 0 fully saturated rings. The SMILES string of the molecule is CC/C(=N/NC(=O)CNc1ccccc1)c1cccc(Br)c1. The van der Waals surface area contributed by atoms with Crippen molar-refractivity contribution in [3.8, 4) is 0 Å². The molecule has 0 aliphatic rings. The largest absolute Gasteiger partial charge is 0.376 e. The van der Waals surface area contributed by atoms with Crippen molar-refractivity contribution in [3.63, 3.8) is 0 Å². The average molecular weight is 360 g/mol. The topological polar surface area (TPSA) is 53.5 Å². The number of nitrogens with one attached hydrogen (secondary N) is 2. The summed E-state index contributed by atoms with van der Waals surface area (Å²) in [7, 11) is 0. The summed E-state index contributed by atoms with van der Waals surface area (Å²) in [6.07, 6.45) is 0.739. The number of hydrazone groups is 1. The average Bonchev–Trinajstić information content (AvgIpc) is 2.54. The molecule has 1 amide bonds. The van der Waals surface area contributed by atoms with Gasteiger partial charge in [-0.1, -0.05) is 53.2 Å². The molecule has 0 aliphatic carbocycles. The zero-order valence-electron chi connectivity index (χ0n) is 12.3. The van der Waals surface area contributed by atoms with Gasteiger partial charge in [0.2, 0.25) is 0 Å². The van der Waals surface area contributed by atoms with Crippen LogP contribution in [0.15, 0.2) is 64.2 Å². The third-order valence-corrected chi connectivity index (χ3v) is 3.53. The van der Waals surface area contributed by atoms with Gasteiger partial charge in [-0.15, -0.1) is 0 Å². The molecule has 0 aromatic heterocycles. The van der Waals surface area contributed by atoms with E-state index in [2.05, 4.69) is 31.8 Å². The molecule has 114 valence electrons. The standard InChI is InChI=1S/C17H18BrN3O/c1-2-16(13-7-6-8-14(18)11-13)20-21-17(22)12-19-15-9-4-3-5-10-15/h3-11,19H,2,12H2,1H3,(H,21,22)/b20-16-. The molecule has 0 saturated carbocycles. The van der Waals surface area contributed by atoms with Crippen LogP contribution in [0.1, 0.15) is 18.9 Å². The van der Waals surface area contributed by atoms with E-state index >= 15 is 0 Å². The van der Waals surface area contributed by atoms with E-state index in [9.17, 15) is 4.79 Å². The number of hydrogen-bond acceptors (Lipinski definition) is 3. The summed E-state index contributed by atoms with van der Waals surface area (Å²) in [5.74, 6) is -0.176. The summed E-state index contributed by atoms with van der Waals surface area (Å²) in [4.78, 5) is 11.8. The molecule has 0 saturated heterocycles. The van der Waals surface area contributed by atoms with Crippen molar-refractivity contribution in [2.45, 2.75) is 13.3 Å². The highest BCUT2D eigenvalue weighted by Crippen LogP contribution is 2.13. The number of nitrogens with zero attached hydrogens (tertiary/aromatic N) is 1. The molecule has 2 aromatic rings. The molecular formula is C17H18BrN3O. The van der Waals surface area contributed by atoms with Gasteiger partial charge in [-0.05, 0) is 36.2 Å². The predicted octanol–water partition coefficient (Wildman–Crippen LogP) is 3.79. The minimum absolute atomic E-state index is 0.176. The molecule has 2 N–H and O–H groups in total. The van der Waals surface area contributed by atoms with Gasteiger partial charge in [0.1, 0.15) is 0 Å². The Balaban J connectivity index is 1.92. The fourth-order valence-electron chi connectivity index (χ4n) is 1.92. The van der Waals surface area contributed by atoms with Crippen molar-refractivity contribution in [1.29, 1.82) is 0 Å². The Labute approximate surface area is 138 Å². The van der Waals surface area contributed by atoms with Crippen LogP contribution in [-0.2, 0) is 4.79 Å². The maximum atomic E-state index is 11.8. The van der Waals surface area contributed by atoms with E-state index < -0.39 is 0 Å². The number of carbonyl (C=O) groups is 1. The molecule has 0 spiro atoms. The first-order chi connectivity index (χ1) is 10.7. The normalized spacial score (nSPS) is 11.1. The van der Waals surface area contributed by atoms with Crippen molar-refractivity contribution in [1.82, 2.24) is 5.43 Å². The molecule has 2 rings (SSSR count). The number of rotatable bonds is 6. The highest BCUT2D eigenvalue weighted by Gasteiger charge is 2.04. The Morgan fingerprint density at radius 3 is 2.59 bits per heavy atom. The van der Waals surface area contributed by atoms with Crippen molar-refractivity contribution >= 4 is 33.2 Å². The van der Waals surface area contributed by atoms with Crippen molar-refractivity contribution in [2.75, 3.05) is 11.9 Å². The van der Waals surface area contributed by atoms with E-state index in [0.717, 1.165) is 27.9 Å². The highest BCUT2D eigenvalue weighted by molar-refractivity contribution is 9.10. The Bertz CT molecular complexity index is 656. The van der Waals surface area contributed by atoms with Crippen LogP contribution in [0.5, 0.6) is 0 Å². The molecule has 0 unspecified atom stereocenters. The highest BCUT2D eigenvalue weighted by atomic mass is 79.9. The molecule has 0 atom stereocenters. The molecule has 4 nitrogen and oxygen atoms in total. The van der Waals surface area contributed by atoms with Crippen molar-refractivity contribution in [3.05, 3.63) is 64.6 Å². The maximum Gasteiger partial charge on any atom is 0.259 e. The zero-order chi connectivity index (χ0) is 15.8. The van der Waals surface area contributed by atoms with Crippen LogP contribution >= 0.6 is 15.9 Å². The van der Waals surface area contributed by atoms with Gasteiger partial charge in [0, 0.05) is 10.2 Å². The van der Waals surface area contributed by atoms with Crippen LogP contribution in [0.2, 0.25) is 0 Å². The van der Waals surface area contributed by atoms with Crippen LogP contribution < -0.4 is 10.7 Å². The van der Waals surface area contributed by atoms with Crippen LogP contribution in [0.25, 0.3) is 0 Å². The number of anilines is 1. The van der Waals surface area contributed by atoms with E-state index in [0.29, 0.717) is 0 Å². The van der Waals surface area contributed by atoms with Crippen LogP contribution in [0.4, 0.5) is 5.69 Å². The number of amides is 1. The number of benzene rings is 2. The van der Waals surface area contributed by atoms with Gasteiger partial charge in [0.15, 0.2) is 0 Å². The second kappa shape index (κ2) is 8.34. The molecule has 0 radical (unpaired) electrons. The fourth-order valence-corrected chi connectivity index (χ4v) is 2.32. The first kappa shape index (κ1) is 16.2. The van der Waals surface area contributed by atoms with E-state index in [-0.39, 0.29) is 12.5 Å². The van der Waals surface area contributed by atoms with Crippen LogP contribution in [0, 0.1) is 0 Å². The first-order valence-corrected chi connectivity index (χ1v) is 7.88. The molecule has 0 heterocycles. The summed E-state index contributed by atoms with van der Waals surface area (Å²) in [5.41, 5.74) is 5.34. The molecular weight excluding hydrogens is 342 g/mol. The molecule has 0 aliphatic heterocycles.